The first-order chi connectivity index (χ1) is 16.5. The van der Waals surface area contributed by atoms with Gasteiger partial charge in [0, 0.05) is 24.5 Å². The standard InChI is InChI=1S/C27H27N3O4/c1-19-10-12-20(13-11-19)26(31)23-8-5-16-29(23)15-4-7-22-14-17-30(28-22)18-21-6-3-9-24(34-2)25(21)27(32)33/h3,5-6,8-14,16-17H,4,7,15,18H2,1-2H3,(H,32,33). The van der Waals surface area contributed by atoms with Crippen LogP contribution in [0.5, 0.6) is 5.75 Å². The summed E-state index contributed by atoms with van der Waals surface area (Å²) in [6.45, 7) is 3.04. The van der Waals surface area contributed by atoms with E-state index in [1.165, 1.54) is 7.11 Å². The fourth-order valence-electron chi connectivity index (χ4n) is 4.02. The molecule has 0 atom stereocenters. The predicted molar refractivity (Wildman–Crippen MR) is 129 cm³/mol. The molecule has 0 aliphatic heterocycles. The van der Waals surface area contributed by atoms with Crippen molar-refractivity contribution in [3.63, 3.8) is 0 Å². The highest BCUT2D eigenvalue weighted by Gasteiger charge is 2.17. The molecular weight excluding hydrogens is 430 g/mol. The number of aryl methyl sites for hydroxylation is 3. The van der Waals surface area contributed by atoms with Gasteiger partial charge in [-0.15, -0.1) is 0 Å². The molecule has 0 unspecified atom stereocenters. The fraction of sp³-hybridized carbons (Fsp3) is 0.222. The second kappa shape index (κ2) is 10.2. The van der Waals surface area contributed by atoms with Gasteiger partial charge in [0.25, 0.3) is 0 Å². The van der Waals surface area contributed by atoms with Gasteiger partial charge in [0.2, 0.25) is 5.78 Å². The van der Waals surface area contributed by atoms with Crippen molar-refractivity contribution in [1.29, 1.82) is 0 Å². The zero-order valence-corrected chi connectivity index (χ0v) is 19.3. The molecule has 4 aromatic rings. The Kier molecular flexibility index (Phi) is 6.92. The third kappa shape index (κ3) is 5.09. The van der Waals surface area contributed by atoms with Crippen molar-refractivity contribution in [2.45, 2.75) is 32.9 Å². The number of aromatic carboxylic acids is 1. The molecule has 0 amide bonds. The van der Waals surface area contributed by atoms with Crippen LogP contribution < -0.4 is 4.74 Å². The molecule has 0 bridgehead atoms. The fourth-order valence-corrected chi connectivity index (χ4v) is 4.02. The molecule has 2 aromatic carbocycles. The summed E-state index contributed by atoms with van der Waals surface area (Å²) in [7, 11) is 1.46. The lowest BCUT2D eigenvalue weighted by molar-refractivity contribution is 0.0691. The van der Waals surface area contributed by atoms with Crippen molar-refractivity contribution in [3.8, 4) is 5.75 Å². The number of ketones is 1. The van der Waals surface area contributed by atoms with Gasteiger partial charge in [0.05, 0.1) is 25.0 Å². The molecule has 2 heterocycles. The Morgan fingerprint density at radius 1 is 1.00 bits per heavy atom. The third-order valence-electron chi connectivity index (χ3n) is 5.78. The number of carbonyl (C=O) groups is 2. The minimum absolute atomic E-state index is 0.0156. The van der Waals surface area contributed by atoms with Gasteiger partial charge in [-0.3, -0.25) is 9.48 Å². The number of rotatable bonds is 10. The van der Waals surface area contributed by atoms with Crippen molar-refractivity contribution in [2.24, 2.45) is 0 Å². The number of carboxylic acid groups (broad SMARTS) is 1. The Labute approximate surface area is 198 Å². The van der Waals surface area contributed by atoms with E-state index in [4.69, 9.17) is 4.74 Å². The number of nitrogens with zero attached hydrogens (tertiary/aromatic N) is 3. The molecule has 34 heavy (non-hydrogen) atoms. The minimum Gasteiger partial charge on any atom is -0.496 e. The summed E-state index contributed by atoms with van der Waals surface area (Å²) >= 11 is 0. The molecule has 0 saturated heterocycles. The smallest absolute Gasteiger partial charge is 0.339 e. The van der Waals surface area contributed by atoms with E-state index in [2.05, 4.69) is 5.10 Å². The van der Waals surface area contributed by atoms with Crippen LogP contribution >= 0.6 is 0 Å². The van der Waals surface area contributed by atoms with Gasteiger partial charge in [0.1, 0.15) is 11.3 Å². The second-order valence-electron chi connectivity index (χ2n) is 8.19. The maximum absolute atomic E-state index is 12.9. The summed E-state index contributed by atoms with van der Waals surface area (Å²) in [5.41, 5.74) is 4.18. The van der Waals surface area contributed by atoms with Crippen LogP contribution in [0, 0.1) is 6.92 Å². The molecule has 0 radical (unpaired) electrons. The molecule has 7 nitrogen and oxygen atoms in total. The Morgan fingerprint density at radius 2 is 1.79 bits per heavy atom. The Morgan fingerprint density at radius 3 is 2.53 bits per heavy atom. The van der Waals surface area contributed by atoms with E-state index >= 15 is 0 Å². The summed E-state index contributed by atoms with van der Waals surface area (Å²) in [4.78, 5) is 24.6. The summed E-state index contributed by atoms with van der Waals surface area (Å²) < 4.78 is 8.92. The largest absolute Gasteiger partial charge is 0.496 e. The number of carbonyl (C=O) groups excluding carboxylic acids is 1. The van der Waals surface area contributed by atoms with Crippen molar-refractivity contribution in [2.75, 3.05) is 7.11 Å². The lowest BCUT2D eigenvalue weighted by atomic mass is 10.1. The number of benzene rings is 2. The first-order valence-corrected chi connectivity index (χ1v) is 11.1. The van der Waals surface area contributed by atoms with Crippen molar-refractivity contribution in [1.82, 2.24) is 14.3 Å². The number of hydrogen-bond donors (Lipinski definition) is 1. The molecule has 0 saturated carbocycles. The molecule has 1 N–H and O–H groups in total. The van der Waals surface area contributed by atoms with Crippen molar-refractivity contribution in [3.05, 3.63) is 107 Å². The topological polar surface area (TPSA) is 86.4 Å². The molecular formula is C27H27N3O4. The average molecular weight is 458 g/mol. The van der Waals surface area contributed by atoms with E-state index in [1.54, 1.807) is 22.9 Å². The van der Waals surface area contributed by atoms with Gasteiger partial charge < -0.3 is 14.4 Å². The van der Waals surface area contributed by atoms with Gasteiger partial charge in [-0.2, -0.15) is 5.10 Å². The molecule has 7 heteroatoms. The van der Waals surface area contributed by atoms with E-state index in [9.17, 15) is 14.7 Å². The van der Waals surface area contributed by atoms with Crippen LogP contribution in [0.2, 0.25) is 0 Å². The van der Waals surface area contributed by atoms with E-state index in [0.29, 0.717) is 35.7 Å². The maximum atomic E-state index is 12.9. The Hall–Kier alpha value is -4.13. The zero-order chi connectivity index (χ0) is 24.1. The maximum Gasteiger partial charge on any atom is 0.339 e. The monoisotopic (exact) mass is 457 g/mol. The second-order valence-corrected chi connectivity index (χ2v) is 8.19. The van der Waals surface area contributed by atoms with Crippen LogP contribution in [-0.2, 0) is 19.5 Å². The summed E-state index contributed by atoms with van der Waals surface area (Å²) in [5, 5.41) is 14.2. The van der Waals surface area contributed by atoms with Crippen molar-refractivity contribution >= 4 is 11.8 Å². The summed E-state index contributed by atoms with van der Waals surface area (Å²) in [5.74, 6) is -0.676. The van der Waals surface area contributed by atoms with E-state index in [1.807, 2.05) is 66.3 Å². The van der Waals surface area contributed by atoms with Crippen molar-refractivity contribution < 1.29 is 19.4 Å². The number of ether oxygens (including phenoxy) is 1. The zero-order valence-electron chi connectivity index (χ0n) is 19.3. The van der Waals surface area contributed by atoms with Crippen LogP contribution in [-0.4, -0.2) is 38.3 Å². The average Bonchev–Trinajstić information content (AvgIpc) is 3.48. The SMILES string of the molecule is COc1cccc(Cn2ccc(CCCn3cccc3C(=O)c3ccc(C)cc3)n2)c1C(=O)O. The minimum atomic E-state index is -1.03. The summed E-state index contributed by atoms with van der Waals surface area (Å²) in [6, 6.07) is 18.5. The molecule has 0 spiro atoms. The number of carboxylic acids is 1. The molecule has 0 aliphatic rings. The molecule has 174 valence electrons. The van der Waals surface area contributed by atoms with Crippen LogP contribution in [0.3, 0.4) is 0 Å². The highest BCUT2D eigenvalue weighted by atomic mass is 16.5. The Balaban J connectivity index is 1.38. The van der Waals surface area contributed by atoms with Crippen LogP contribution in [0.1, 0.15) is 49.7 Å². The van der Waals surface area contributed by atoms with Gasteiger partial charge in [-0.1, -0.05) is 42.0 Å². The molecule has 4 rings (SSSR count). The quantitative estimate of drug-likeness (QED) is 0.352. The lowest BCUT2D eigenvalue weighted by Gasteiger charge is -2.10. The normalized spacial score (nSPS) is 10.9. The lowest BCUT2D eigenvalue weighted by Crippen LogP contribution is -2.11. The Bertz CT molecular complexity index is 1300. The first kappa shape index (κ1) is 23.0. The first-order valence-electron chi connectivity index (χ1n) is 11.1. The molecule has 2 aromatic heterocycles. The predicted octanol–water partition coefficient (Wildman–Crippen LogP) is 4.61. The number of aromatic nitrogens is 3. The van der Waals surface area contributed by atoms with Gasteiger partial charge in [-0.05, 0) is 49.6 Å². The molecule has 0 aliphatic carbocycles. The van der Waals surface area contributed by atoms with Gasteiger partial charge in [0.15, 0.2) is 0 Å². The third-order valence-corrected chi connectivity index (χ3v) is 5.78. The van der Waals surface area contributed by atoms with Crippen LogP contribution in [0.25, 0.3) is 0 Å². The van der Waals surface area contributed by atoms with E-state index in [0.717, 1.165) is 24.1 Å². The van der Waals surface area contributed by atoms with Crippen LogP contribution in [0.4, 0.5) is 0 Å². The number of hydrogen-bond acceptors (Lipinski definition) is 4. The van der Waals surface area contributed by atoms with E-state index in [-0.39, 0.29) is 11.3 Å². The van der Waals surface area contributed by atoms with Gasteiger partial charge >= 0.3 is 5.97 Å². The summed E-state index contributed by atoms with van der Waals surface area (Å²) in [6.07, 6.45) is 5.34. The highest BCUT2D eigenvalue weighted by Crippen LogP contribution is 2.23. The van der Waals surface area contributed by atoms with E-state index < -0.39 is 5.97 Å². The van der Waals surface area contributed by atoms with Crippen LogP contribution in [0.15, 0.2) is 73.1 Å². The highest BCUT2D eigenvalue weighted by molar-refractivity contribution is 6.08. The molecule has 0 fully saturated rings. The van der Waals surface area contributed by atoms with Gasteiger partial charge in [-0.25, -0.2) is 4.79 Å². The number of methoxy groups -OCH3 is 1.